The van der Waals surface area contributed by atoms with Gasteiger partial charge in [0.15, 0.2) is 0 Å². The van der Waals surface area contributed by atoms with Crippen molar-refractivity contribution >= 4 is 11.9 Å². The fraction of sp³-hybridized carbons (Fsp3) is 0.854. The van der Waals surface area contributed by atoms with Gasteiger partial charge in [0.1, 0.15) is 0 Å². The Bertz CT molecular complexity index is 1520. The van der Waals surface area contributed by atoms with Crippen LogP contribution in [-0.2, 0) is 14.3 Å². The van der Waals surface area contributed by atoms with E-state index in [1.54, 1.807) is 6.08 Å². The molecule has 6 heteroatoms. The summed E-state index contributed by atoms with van der Waals surface area (Å²) in [5.41, 5.74) is 0. The number of carbonyl (C=O) groups excluding carboxylic acids is 2. The molecule has 0 heterocycles. The lowest BCUT2D eigenvalue weighted by Crippen LogP contribution is -2.45. The summed E-state index contributed by atoms with van der Waals surface area (Å²) in [6.07, 6.45) is 103. The Labute approximate surface area is 549 Å². The van der Waals surface area contributed by atoms with E-state index in [0.717, 1.165) is 57.8 Å². The molecule has 2 atom stereocenters. The van der Waals surface area contributed by atoms with Crippen molar-refractivity contribution < 1.29 is 24.5 Å². The first-order chi connectivity index (χ1) is 43.5. The number of hydrogen-bond acceptors (Lipinski definition) is 5. The normalized spacial score (nSPS) is 12.8. The molecule has 0 spiro atoms. The molecule has 0 saturated carbocycles. The number of esters is 1. The first-order valence-electron chi connectivity index (χ1n) is 39.6. The summed E-state index contributed by atoms with van der Waals surface area (Å²) in [4.78, 5) is 24.6. The molecule has 2 unspecified atom stereocenters. The van der Waals surface area contributed by atoms with E-state index < -0.39 is 12.1 Å². The van der Waals surface area contributed by atoms with Crippen molar-refractivity contribution in [1.29, 1.82) is 0 Å². The zero-order valence-corrected chi connectivity index (χ0v) is 59.2. The molecule has 0 aromatic rings. The van der Waals surface area contributed by atoms with E-state index in [9.17, 15) is 19.8 Å². The molecule has 0 saturated heterocycles. The molecule has 0 aliphatic carbocycles. The second-order valence-electron chi connectivity index (χ2n) is 27.0. The van der Waals surface area contributed by atoms with E-state index >= 15 is 0 Å². The van der Waals surface area contributed by atoms with Crippen LogP contribution in [0, 0.1) is 0 Å². The van der Waals surface area contributed by atoms with Crippen molar-refractivity contribution in [1.82, 2.24) is 5.32 Å². The van der Waals surface area contributed by atoms with Gasteiger partial charge in [-0.2, -0.15) is 0 Å². The predicted molar refractivity (Wildman–Crippen MR) is 389 cm³/mol. The first kappa shape index (κ1) is 85.6. The van der Waals surface area contributed by atoms with Gasteiger partial charge in [-0.3, -0.25) is 9.59 Å². The van der Waals surface area contributed by atoms with Gasteiger partial charge in [-0.15, -0.1) is 0 Å². The molecule has 0 radical (unpaired) electrons. The van der Waals surface area contributed by atoms with E-state index in [0.29, 0.717) is 19.4 Å². The van der Waals surface area contributed by atoms with Gasteiger partial charge in [0.05, 0.1) is 25.4 Å². The topological polar surface area (TPSA) is 95.9 Å². The largest absolute Gasteiger partial charge is 0.466 e. The zero-order valence-electron chi connectivity index (χ0n) is 59.2. The average Bonchev–Trinajstić information content (AvgIpc) is 3.58. The molecular weight excluding hydrogens is 1080 g/mol. The Balaban J connectivity index is 3.40. The lowest BCUT2D eigenvalue weighted by molar-refractivity contribution is -0.143. The van der Waals surface area contributed by atoms with Crippen LogP contribution in [0.25, 0.3) is 0 Å². The van der Waals surface area contributed by atoms with Gasteiger partial charge < -0.3 is 20.3 Å². The minimum atomic E-state index is -0.845. The van der Waals surface area contributed by atoms with Gasteiger partial charge in [-0.1, -0.05) is 376 Å². The zero-order chi connectivity index (χ0) is 63.5. The molecule has 0 bridgehead atoms. The predicted octanol–water partition coefficient (Wildman–Crippen LogP) is 26.2. The number of nitrogens with one attached hydrogen (secondary N) is 1. The molecule has 88 heavy (non-hydrogen) atoms. The highest BCUT2D eigenvalue weighted by molar-refractivity contribution is 5.76. The van der Waals surface area contributed by atoms with Crippen molar-refractivity contribution in [3.05, 3.63) is 60.8 Å². The van der Waals surface area contributed by atoms with Gasteiger partial charge >= 0.3 is 5.97 Å². The van der Waals surface area contributed by atoms with E-state index in [1.807, 2.05) is 6.08 Å². The smallest absolute Gasteiger partial charge is 0.305 e. The monoisotopic (exact) mass is 1230 g/mol. The number of allylic oxidation sites excluding steroid dienone is 9. The minimum absolute atomic E-state index is 0.00322. The fourth-order valence-corrected chi connectivity index (χ4v) is 12.2. The van der Waals surface area contributed by atoms with Crippen LogP contribution < -0.4 is 5.32 Å². The Hall–Kier alpha value is -2.44. The number of aliphatic hydroxyl groups excluding tert-OH is 2. The van der Waals surface area contributed by atoms with Gasteiger partial charge in [-0.25, -0.2) is 0 Å². The summed E-state index contributed by atoms with van der Waals surface area (Å²) in [6.45, 7) is 4.92. The summed E-state index contributed by atoms with van der Waals surface area (Å²) < 4.78 is 5.49. The Morgan fingerprint density at radius 2 is 0.568 bits per heavy atom. The van der Waals surface area contributed by atoms with Crippen LogP contribution in [-0.4, -0.2) is 47.4 Å². The second kappa shape index (κ2) is 77.0. The van der Waals surface area contributed by atoms with Crippen LogP contribution >= 0.6 is 0 Å². The second-order valence-corrected chi connectivity index (χ2v) is 27.0. The third kappa shape index (κ3) is 72.6. The summed E-state index contributed by atoms with van der Waals surface area (Å²) in [7, 11) is 0. The minimum Gasteiger partial charge on any atom is -0.466 e. The third-order valence-corrected chi connectivity index (χ3v) is 18.3. The van der Waals surface area contributed by atoms with E-state index in [-0.39, 0.29) is 18.5 Å². The molecule has 516 valence electrons. The van der Waals surface area contributed by atoms with Crippen molar-refractivity contribution in [2.45, 2.75) is 437 Å². The molecule has 6 nitrogen and oxygen atoms in total. The van der Waals surface area contributed by atoms with Crippen LogP contribution in [0.15, 0.2) is 60.8 Å². The number of hydrogen-bond donors (Lipinski definition) is 3. The molecule has 0 rings (SSSR count). The maximum atomic E-state index is 12.5. The average molecular weight is 1230 g/mol. The molecule has 0 aliphatic heterocycles. The number of ether oxygens (including phenoxy) is 1. The van der Waals surface area contributed by atoms with Crippen LogP contribution in [0.5, 0.6) is 0 Å². The molecule has 1 amide bonds. The van der Waals surface area contributed by atoms with Gasteiger partial charge in [-0.05, 0) is 96.3 Å². The molecule has 3 N–H and O–H groups in total. The van der Waals surface area contributed by atoms with Gasteiger partial charge in [0.2, 0.25) is 5.91 Å². The summed E-state index contributed by atoms with van der Waals surface area (Å²) in [5, 5.41) is 23.3. The highest BCUT2D eigenvalue weighted by atomic mass is 16.5. The summed E-state index contributed by atoms with van der Waals surface area (Å²) in [6, 6.07) is -0.628. The quantitative estimate of drug-likeness (QED) is 0.0320. The van der Waals surface area contributed by atoms with Crippen LogP contribution in [0.2, 0.25) is 0 Å². The number of carbonyl (C=O) groups is 2. The Morgan fingerprint density at radius 1 is 0.318 bits per heavy atom. The van der Waals surface area contributed by atoms with Crippen molar-refractivity contribution in [2.75, 3.05) is 13.2 Å². The van der Waals surface area contributed by atoms with E-state index in [2.05, 4.69) is 67.8 Å². The maximum Gasteiger partial charge on any atom is 0.305 e. The van der Waals surface area contributed by atoms with Gasteiger partial charge in [0, 0.05) is 12.8 Å². The summed E-state index contributed by atoms with van der Waals surface area (Å²) >= 11 is 0. The standard InChI is InChI=1S/C82H153NO5/c1-3-5-7-9-11-13-15-17-19-21-22-40-43-46-50-54-58-62-66-70-74-80(85)79(78-84)83-81(86)75-71-67-63-59-55-51-47-44-41-38-36-34-32-30-28-26-24-23-25-27-29-31-33-35-37-39-42-45-49-53-57-61-65-69-73-77-88-82(87)76-72-68-64-60-56-52-48-20-18-16-14-12-10-8-6-4-2/h14,16,20,25,27,31,33,48,70,74,79-80,84-85H,3-13,15,17-19,21-24,26,28-30,32,34-47,49-69,71-73,75-78H2,1-2H3,(H,83,86)/b16-14-,27-25-,33-31-,48-20-,74-70+. The number of unbranched alkanes of at least 4 members (excludes halogenated alkanes) is 55. The molecular formula is C82H153NO5. The van der Waals surface area contributed by atoms with Crippen LogP contribution in [0.3, 0.4) is 0 Å². The number of aliphatic hydroxyl groups is 2. The van der Waals surface area contributed by atoms with E-state index in [1.165, 1.54) is 340 Å². The third-order valence-electron chi connectivity index (χ3n) is 18.3. The van der Waals surface area contributed by atoms with E-state index in [4.69, 9.17) is 4.74 Å². The lowest BCUT2D eigenvalue weighted by atomic mass is 10.0. The lowest BCUT2D eigenvalue weighted by Gasteiger charge is -2.20. The van der Waals surface area contributed by atoms with Crippen LogP contribution in [0.1, 0.15) is 425 Å². The molecule has 0 fully saturated rings. The maximum absolute atomic E-state index is 12.5. The highest BCUT2D eigenvalue weighted by Crippen LogP contribution is 2.19. The SMILES string of the molecule is CCCCCC/C=C\C/C=C\CCCCCCCC(=O)OCCCCCCCCCCCCC/C=C\C/C=C\CCCCCCCCCCCCCCCCCCCC(=O)NC(CO)C(O)/C=C/CCCCCCCCCCCCCCCCCCCC. The molecule has 0 aromatic carbocycles. The number of amides is 1. The van der Waals surface area contributed by atoms with Crippen molar-refractivity contribution in [2.24, 2.45) is 0 Å². The van der Waals surface area contributed by atoms with Crippen molar-refractivity contribution in [3.63, 3.8) is 0 Å². The molecule has 0 aliphatic rings. The first-order valence-corrected chi connectivity index (χ1v) is 39.6. The molecule has 0 aromatic heterocycles. The van der Waals surface area contributed by atoms with Gasteiger partial charge in [0.25, 0.3) is 0 Å². The Morgan fingerprint density at radius 3 is 0.875 bits per heavy atom. The Kier molecular flexibility index (Phi) is 74.9. The summed E-state index contributed by atoms with van der Waals surface area (Å²) in [5.74, 6) is -0.0589. The fourth-order valence-electron chi connectivity index (χ4n) is 12.2. The van der Waals surface area contributed by atoms with Crippen molar-refractivity contribution in [3.8, 4) is 0 Å². The van der Waals surface area contributed by atoms with Crippen LogP contribution in [0.4, 0.5) is 0 Å². The highest BCUT2D eigenvalue weighted by Gasteiger charge is 2.18. The number of rotatable bonds is 74.